The predicted molar refractivity (Wildman–Crippen MR) is 31.4 cm³/mol. The first-order valence-electron chi connectivity index (χ1n) is 2.21. The monoisotopic (exact) mass is 144 g/mol. The zero-order valence-electron chi connectivity index (χ0n) is 4.39. The van der Waals surface area contributed by atoms with Crippen molar-refractivity contribution in [3.8, 4) is 0 Å². The molecule has 0 bridgehead atoms. The largest absolute Gasteiger partial charge is 0.619 e. The first-order chi connectivity index (χ1) is 4.20. The molecule has 4 nitrogen and oxygen atoms in total. The zero-order chi connectivity index (χ0) is 6.85. The van der Waals surface area contributed by atoms with Crippen molar-refractivity contribution in [3.05, 3.63) is 28.4 Å². The summed E-state index contributed by atoms with van der Waals surface area (Å²) in [5.74, 6) is 0. The second-order valence-electron chi connectivity index (χ2n) is 1.47. The molecule has 1 rings (SSSR count). The number of hydrogen-bond donors (Lipinski definition) is 1. The summed E-state index contributed by atoms with van der Waals surface area (Å²) in [4.78, 5) is 0. The summed E-state index contributed by atoms with van der Waals surface area (Å²) in [6, 6.07) is 0. The van der Waals surface area contributed by atoms with Crippen LogP contribution in [0.15, 0.2) is 18.6 Å². The van der Waals surface area contributed by atoms with Gasteiger partial charge >= 0.3 is 0 Å². The highest BCUT2D eigenvalue weighted by atomic mass is 32.1. The number of hydrogen-bond acceptors (Lipinski definition) is 3. The average molecular weight is 144 g/mol. The van der Waals surface area contributed by atoms with Crippen LogP contribution >= 0.6 is 12.2 Å². The topological polar surface area (TPSA) is 52.1 Å². The third kappa shape index (κ3) is 1.17. The van der Waals surface area contributed by atoms with Crippen molar-refractivity contribution in [2.75, 3.05) is 0 Å². The van der Waals surface area contributed by atoms with Gasteiger partial charge in [-0.3, -0.25) is 0 Å². The highest BCUT2D eigenvalue weighted by molar-refractivity contribution is 7.71. The summed E-state index contributed by atoms with van der Waals surface area (Å²) in [6.45, 7) is 0. The number of nitrogens with zero attached hydrogens (tertiary/aromatic N) is 2. The molecular formula is C4H4N2O2S. The van der Waals surface area contributed by atoms with Gasteiger partial charge < -0.3 is 10.4 Å². The van der Waals surface area contributed by atoms with Gasteiger partial charge in [-0.1, -0.05) is 12.2 Å². The van der Waals surface area contributed by atoms with Crippen LogP contribution in [-0.4, -0.2) is 9.94 Å². The summed E-state index contributed by atoms with van der Waals surface area (Å²) in [6.07, 6.45) is 3.42. The summed E-state index contributed by atoms with van der Waals surface area (Å²) in [5.41, 5.74) is 0. The van der Waals surface area contributed by atoms with Crippen LogP contribution in [-0.2, 0) is 0 Å². The fourth-order valence-corrected chi connectivity index (χ4v) is 0.578. The molecule has 1 aromatic heterocycles. The van der Waals surface area contributed by atoms with Crippen molar-refractivity contribution < 1.29 is 9.94 Å². The van der Waals surface area contributed by atoms with Crippen molar-refractivity contribution in [2.24, 2.45) is 0 Å². The van der Waals surface area contributed by atoms with Crippen molar-refractivity contribution >= 4 is 12.2 Å². The van der Waals surface area contributed by atoms with Crippen molar-refractivity contribution in [1.29, 1.82) is 0 Å². The van der Waals surface area contributed by atoms with E-state index in [1.54, 1.807) is 0 Å². The SMILES string of the molecule is [O-][n+]1ccn(O)c(=S)c1. The molecule has 9 heavy (non-hydrogen) atoms. The molecule has 0 fully saturated rings. The Balaban J connectivity index is 3.34. The van der Waals surface area contributed by atoms with E-state index < -0.39 is 0 Å². The lowest BCUT2D eigenvalue weighted by Gasteiger charge is -1.95. The molecule has 0 aliphatic rings. The molecule has 0 aliphatic carbocycles. The van der Waals surface area contributed by atoms with Crippen molar-refractivity contribution in [2.45, 2.75) is 0 Å². The molecule has 0 spiro atoms. The summed E-state index contributed by atoms with van der Waals surface area (Å²) in [5, 5.41) is 19.1. The molecule has 0 aromatic carbocycles. The highest BCUT2D eigenvalue weighted by Crippen LogP contribution is 1.80. The molecule has 0 amide bonds. The third-order valence-electron chi connectivity index (χ3n) is 0.818. The standard InChI is InChI=1S/C4H4N2O2S/c7-5-1-2-6(8)4(9)3-5/h1-3,8H. The average Bonchev–Trinajstić information content (AvgIpc) is 1.80. The van der Waals surface area contributed by atoms with Gasteiger partial charge in [-0.05, 0) is 0 Å². The van der Waals surface area contributed by atoms with Gasteiger partial charge in [0.15, 0.2) is 6.20 Å². The van der Waals surface area contributed by atoms with Gasteiger partial charge in [-0.2, -0.15) is 9.46 Å². The lowest BCUT2D eigenvalue weighted by atomic mass is 10.8. The highest BCUT2D eigenvalue weighted by Gasteiger charge is 1.89. The van der Waals surface area contributed by atoms with E-state index in [2.05, 4.69) is 12.2 Å². The molecule has 0 aliphatic heterocycles. The van der Waals surface area contributed by atoms with E-state index in [0.717, 1.165) is 12.4 Å². The summed E-state index contributed by atoms with van der Waals surface area (Å²) >= 11 is 4.53. The minimum atomic E-state index is 0.0903. The number of aromatic nitrogens is 2. The molecule has 1 N–H and O–H groups in total. The molecule has 48 valence electrons. The van der Waals surface area contributed by atoms with Gasteiger partial charge in [0.1, 0.15) is 6.20 Å². The Bertz CT molecular complexity index is 270. The fraction of sp³-hybridized carbons (Fsp3) is 0. The third-order valence-corrected chi connectivity index (χ3v) is 1.11. The Kier molecular flexibility index (Phi) is 1.35. The van der Waals surface area contributed by atoms with Crippen LogP contribution in [0.2, 0.25) is 0 Å². The summed E-state index contributed by atoms with van der Waals surface area (Å²) in [7, 11) is 0. The second kappa shape index (κ2) is 2.02. The zero-order valence-corrected chi connectivity index (χ0v) is 5.21. The lowest BCUT2D eigenvalue weighted by molar-refractivity contribution is -0.607. The van der Waals surface area contributed by atoms with Gasteiger partial charge in [-0.15, -0.1) is 0 Å². The molecule has 0 unspecified atom stereocenters. The van der Waals surface area contributed by atoms with E-state index in [1.807, 2.05) is 0 Å². The van der Waals surface area contributed by atoms with Crippen LogP contribution in [0.1, 0.15) is 0 Å². The van der Waals surface area contributed by atoms with E-state index >= 15 is 0 Å². The van der Waals surface area contributed by atoms with Gasteiger partial charge in [0.2, 0.25) is 10.8 Å². The van der Waals surface area contributed by atoms with E-state index in [0.29, 0.717) is 9.46 Å². The summed E-state index contributed by atoms with van der Waals surface area (Å²) < 4.78 is 1.31. The van der Waals surface area contributed by atoms with Crippen molar-refractivity contribution in [1.82, 2.24) is 4.73 Å². The maximum absolute atomic E-state index is 10.4. The first kappa shape index (κ1) is 6.03. The van der Waals surface area contributed by atoms with Gasteiger partial charge in [-0.25, -0.2) is 0 Å². The van der Waals surface area contributed by atoms with E-state index in [1.165, 1.54) is 6.20 Å². The van der Waals surface area contributed by atoms with Crippen LogP contribution in [0.5, 0.6) is 0 Å². The molecule has 0 atom stereocenters. The van der Waals surface area contributed by atoms with E-state index in [9.17, 15) is 5.21 Å². The van der Waals surface area contributed by atoms with Crippen molar-refractivity contribution in [3.63, 3.8) is 0 Å². The molecular weight excluding hydrogens is 140 g/mol. The quantitative estimate of drug-likeness (QED) is 0.243. The molecule has 0 radical (unpaired) electrons. The van der Waals surface area contributed by atoms with Crippen LogP contribution in [0.4, 0.5) is 0 Å². The Morgan fingerprint density at radius 1 is 1.78 bits per heavy atom. The fourth-order valence-electron chi connectivity index (χ4n) is 0.413. The molecule has 0 saturated carbocycles. The smallest absolute Gasteiger partial charge is 0.218 e. The van der Waals surface area contributed by atoms with Crippen LogP contribution in [0.25, 0.3) is 0 Å². The van der Waals surface area contributed by atoms with Gasteiger partial charge in [0, 0.05) is 0 Å². The maximum Gasteiger partial charge on any atom is 0.218 e. The normalized spacial score (nSPS) is 9.33. The number of rotatable bonds is 0. The molecule has 5 heteroatoms. The first-order valence-corrected chi connectivity index (χ1v) is 2.62. The molecule has 0 saturated heterocycles. The van der Waals surface area contributed by atoms with E-state index in [-0.39, 0.29) is 4.64 Å². The van der Waals surface area contributed by atoms with Gasteiger partial charge in [0.05, 0.1) is 0 Å². The van der Waals surface area contributed by atoms with E-state index in [4.69, 9.17) is 5.21 Å². The minimum Gasteiger partial charge on any atom is -0.619 e. The van der Waals surface area contributed by atoms with Crippen LogP contribution in [0, 0.1) is 9.85 Å². The predicted octanol–water partition coefficient (Wildman–Crippen LogP) is 0.0883. The Morgan fingerprint density at radius 2 is 2.44 bits per heavy atom. The minimum absolute atomic E-state index is 0.0903. The second-order valence-corrected chi connectivity index (χ2v) is 1.89. The Hall–Kier alpha value is -1.10. The molecule has 1 aromatic rings. The van der Waals surface area contributed by atoms with Crippen LogP contribution in [0.3, 0.4) is 0 Å². The Labute approximate surface area is 56.1 Å². The van der Waals surface area contributed by atoms with Gasteiger partial charge in [0.25, 0.3) is 0 Å². The Morgan fingerprint density at radius 3 is 2.89 bits per heavy atom. The molecule has 1 heterocycles. The maximum atomic E-state index is 10.4. The van der Waals surface area contributed by atoms with Crippen LogP contribution < -0.4 is 4.73 Å². The lowest BCUT2D eigenvalue weighted by Crippen LogP contribution is -2.25.